The van der Waals surface area contributed by atoms with Crippen LogP contribution in [0.2, 0.25) is 0 Å². The van der Waals surface area contributed by atoms with Crippen molar-refractivity contribution in [2.45, 2.75) is 13.3 Å². The summed E-state index contributed by atoms with van der Waals surface area (Å²) in [7, 11) is 0. The highest BCUT2D eigenvalue weighted by atomic mass is 16.6. The SMILES string of the molecule is Cc1cccc(C(=O)Nc2ccccc2OCCc2ccccc2)c1[N+](=O)[O-]. The highest BCUT2D eigenvalue weighted by Gasteiger charge is 2.23. The standard InChI is InChI=1S/C22H20N2O4/c1-16-8-7-11-18(21(16)24(26)27)22(25)23-19-12-5-6-13-20(19)28-15-14-17-9-3-2-4-10-17/h2-13H,14-15H2,1H3,(H,23,25). The van der Waals surface area contributed by atoms with Gasteiger partial charge in [-0.2, -0.15) is 0 Å². The predicted molar refractivity (Wildman–Crippen MR) is 108 cm³/mol. The number of nitro groups is 1. The lowest BCUT2D eigenvalue weighted by molar-refractivity contribution is -0.385. The van der Waals surface area contributed by atoms with Gasteiger partial charge in [-0.25, -0.2) is 0 Å². The van der Waals surface area contributed by atoms with Crippen molar-refractivity contribution in [2.75, 3.05) is 11.9 Å². The van der Waals surface area contributed by atoms with Gasteiger partial charge in [0.2, 0.25) is 0 Å². The Kier molecular flexibility index (Phi) is 6.01. The van der Waals surface area contributed by atoms with Crippen LogP contribution in [0.3, 0.4) is 0 Å². The van der Waals surface area contributed by atoms with E-state index in [2.05, 4.69) is 5.32 Å². The zero-order chi connectivity index (χ0) is 19.9. The summed E-state index contributed by atoms with van der Waals surface area (Å²) in [6.45, 7) is 2.05. The molecule has 3 aromatic rings. The number of para-hydroxylation sites is 3. The molecule has 0 radical (unpaired) electrons. The van der Waals surface area contributed by atoms with Gasteiger partial charge in [0, 0.05) is 12.0 Å². The van der Waals surface area contributed by atoms with E-state index >= 15 is 0 Å². The molecule has 3 aromatic carbocycles. The van der Waals surface area contributed by atoms with Gasteiger partial charge in [0.05, 0.1) is 17.2 Å². The molecule has 0 bridgehead atoms. The van der Waals surface area contributed by atoms with Gasteiger partial charge < -0.3 is 10.1 Å². The van der Waals surface area contributed by atoms with Crippen molar-refractivity contribution in [1.82, 2.24) is 0 Å². The molecule has 1 amide bonds. The molecular formula is C22H20N2O4. The first-order chi connectivity index (χ1) is 13.6. The number of aryl methyl sites for hydroxylation is 1. The molecular weight excluding hydrogens is 356 g/mol. The van der Waals surface area contributed by atoms with E-state index in [9.17, 15) is 14.9 Å². The van der Waals surface area contributed by atoms with E-state index in [-0.39, 0.29) is 11.3 Å². The summed E-state index contributed by atoms with van der Waals surface area (Å²) >= 11 is 0. The average molecular weight is 376 g/mol. The maximum absolute atomic E-state index is 12.7. The van der Waals surface area contributed by atoms with Crippen molar-refractivity contribution in [3.63, 3.8) is 0 Å². The highest BCUT2D eigenvalue weighted by molar-refractivity contribution is 6.08. The third-order valence-electron chi connectivity index (χ3n) is 4.29. The average Bonchev–Trinajstić information content (AvgIpc) is 2.69. The fraction of sp³-hybridized carbons (Fsp3) is 0.136. The molecule has 0 aliphatic heterocycles. The predicted octanol–water partition coefficient (Wildman–Crippen LogP) is 4.78. The topological polar surface area (TPSA) is 81.5 Å². The molecule has 0 aliphatic carbocycles. The summed E-state index contributed by atoms with van der Waals surface area (Å²) in [4.78, 5) is 23.5. The number of carbonyl (C=O) groups is 1. The Morgan fingerprint density at radius 1 is 1.00 bits per heavy atom. The smallest absolute Gasteiger partial charge is 0.285 e. The molecule has 0 fully saturated rings. The second kappa shape index (κ2) is 8.81. The lowest BCUT2D eigenvalue weighted by atomic mass is 10.1. The summed E-state index contributed by atoms with van der Waals surface area (Å²) in [5.74, 6) is -0.0309. The summed E-state index contributed by atoms with van der Waals surface area (Å²) in [6.07, 6.45) is 0.729. The Morgan fingerprint density at radius 3 is 2.46 bits per heavy atom. The minimum Gasteiger partial charge on any atom is -0.491 e. The van der Waals surface area contributed by atoms with Gasteiger partial charge in [0.15, 0.2) is 0 Å². The van der Waals surface area contributed by atoms with Crippen LogP contribution in [0.1, 0.15) is 21.5 Å². The Bertz CT molecular complexity index is 987. The highest BCUT2D eigenvalue weighted by Crippen LogP contribution is 2.27. The number of anilines is 1. The lowest BCUT2D eigenvalue weighted by Crippen LogP contribution is -2.15. The van der Waals surface area contributed by atoms with Crippen LogP contribution in [0.4, 0.5) is 11.4 Å². The maximum Gasteiger partial charge on any atom is 0.285 e. The van der Waals surface area contributed by atoms with Gasteiger partial charge in [-0.05, 0) is 30.7 Å². The summed E-state index contributed by atoms with van der Waals surface area (Å²) in [5, 5.41) is 14.1. The molecule has 0 aromatic heterocycles. The molecule has 0 aliphatic rings. The van der Waals surface area contributed by atoms with Gasteiger partial charge >= 0.3 is 0 Å². The molecule has 0 unspecified atom stereocenters. The van der Waals surface area contributed by atoms with Crippen LogP contribution in [0.5, 0.6) is 5.75 Å². The van der Waals surface area contributed by atoms with Gasteiger partial charge in [-0.3, -0.25) is 14.9 Å². The van der Waals surface area contributed by atoms with Gasteiger partial charge in [0.1, 0.15) is 11.3 Å². The van der Waals surface area contributed by atoms with Crippen LogP contribution >= 0.6 is 0 Å². The van der Waals surface area contributed by atoms with Crippen molar-refractivity contribution in [3.05, 3.63) is 99.6 Å². The molecule has 28 heavy (non-hydrogen) atoms. The number of nitro benzene ring substituents is 1. The normalized spacial score (nSPS) is 10.3. The third-order valence-corrected chi connectivity index (χ3v) is 4.29. The van der Waals surface area contributed by atoms with E-state index in [1.165, 1.54) is 6.07 Å². The number of nitrogens with zero attached hydrogens (tertiary/aromatic N) is 1. The second-order valence-electron chi connectivity index (χ2n) is 6.26. The van der Waals surface area contributed by atoms with Crippen LogP contribution in [0.25, 0.3) is 0 Å². The van der Waals surface area contributed by atoms with Gasteiger partial charge in [0.25, 0.3) is 11.6 Å². The molecule has 0 heterocycles. The number of rotatable bonds is 7. The van der Waals surface area contributed by atoms with Crippen LogP contribution < -0.4 is 10.1 Å². The number of amides is 1. The van der Waals surface area contributed by atoms with E-state index in [4.69, 9.17) is 4.74 Å². The van der Waals surface area contributed by atoms with E-state index in [0.717, 1.165) is 12.0 Å². The Balaban J connectivity index is 1.74. The largest absolute Gasteiger partial charge is 0.491 e. The molecule has 3 rings (SSSR count). The number of hydrogen-bond donors (Lipinski definition) is 1. The quantitative estimate of drug-likeness (QED) is 0.475. The van der Waals surface area contributed by atoms with Gasteiger partial charge in [-0.1, -0.05) is 54.6 Å². The van der Waals surface area contributed by atoms with Crippen LogP contribution in [0, 0.1) is 17.0 Å². The van der Waals surface area contributed by atoms with Crippen molar-refractivity contribution >= 4 is 17.3 Å². The summed E-state index contributed by atoms with van der Waals surface area (Å²) < 4.78 is 5.83. The Morgan fingerprint density at radius 2 is 1.71 bits per heavy atom. The molecule has 6 heteroatoms. The van der Waals surface area contributed by atoms with E-state index in [1.807, 2.05) is 36.4 Å². The maximum atomic E-state index is 12.7. The molecule has 0 saturated heterocycles. The zero-order valence-electron chi connectivity index (χ0n) is 15.4. The molecule has 0 spiro atoms. The Hall–Kier alpha value is -3.67. The first kappa shape index (κ1) is 19.1. The zero-order valence-corrected chi connectivity index (χ0v) is 15.4. The van der Waals surface area contributed by atoms with Crippen LogP contribution in [0.15, 0.2) is 72.8 Å². The fourth-order valence-corrected chi connectivity index (χ4v) is 2.89. The molecule has 6 nitrogen and oxygen atoms in total. The molecule has 0 saturated carbocycles. The first-order valence-electron chi connectivity index (χ1n) is 8.87. The molecule has 142 valence electrons. The van der Waals surface area contributed by atoms with Crippen molar-refractivity contribution in [3.8, 4) is 5.75 Å². The van der Waals surface area contributed by atoms with Crippen molar-refractivity contribution < 1.29 is 14.5 Å². The second-order valence-corrected chi connectivity index (χ2v) is 6.26. The number of benzene rings is 3. The van der Waals surface area contributed by atoms with E-state index in [1.54, 1.807) is 37.3 Å². The molecule has 1 N–H and O–H groups in total. The third kappa shape index (κ3) is 4.54. The minimum absolute atomic E-state index is 0.0177. The van der Waals surface area contributed by atoms with Crippen LogP contribution in [-0.4, -0.2) is 17.4 Å². The van der Waals surface area contributed by atoms with E-state index < -0.39 is 10.8 Å². The number of nitrogens with one attached hydrogen (secondary N) is 1. The monoisotopic (exact) mass is 376 g/mol. The fourth-order valence-electron chi connectivity index (χ4n) is 2.89. The number of ether oxygens (including phenoxy) is 1. The van der Waals surface area contributed by atoms with Crippen molar-refractivity contribution in [2.24, 2.45) is 0 Å². The molecule has 0 atom stereocenters. The van der Waals surface area contributed by atoms with E-state index in [0.29, 0.717) is 23.6 Å². The Labute approximate surface area is 162 Å². The first-order valence-corrected chi connectivity index (χ1v) is 8.87. The van der Waals surface area contributed by atoms with Gasteiger partial charge in [-0.15, -0.1) is 0 Å². The minimum atomic E-state index is -0.547. The van der Waals surface area contributed by atoms with Crippen LogP contribution in [-0.2, 0) is 6.42 Å². The summed E-state index contributed by atoms with van der Waals surface area (Å²) in [6, 6.07) is 21.7. The summed E-state index contributed by atoms with van der Waals surface area (Å²) in [5.41, 5.74) is 1.88. The van der Waals surface area contributed by atoms with Crippen molar-refractivity contribution in [1.29, 1.82) is 0 Å². The lowest BCUT2D eigenvalue weighted by Gasteiger charge is -2.13. The number of hydrogen-bond acceptors (Lipinski definition) is 4. The number of carbonyl (C=O) groups excluding carboxylic acids is 1.